The minimum absolute atomic E-state index is 0.0130. The fraction of sp³-hybridized carbons (Fsp3) is 0.500. The summed E-state index contributed by atoms with van der Waals surface area (Å²) in [5.74, 6) is -1.66. The Morgan fingerprint density at radius 2 is 1.80 bits per heavy atom. The van der Waals surface area contributed by atoms with Gasteiger partial charge >= 0.3 is 11.9 Å². The van der Waals surface area contributed by atoms with Crippen molar-refractivity contribution in [2.75, 3.05) is 0 Å². The summed E-state index contributed by atoms with van der Waals surface area (Å²) in [5, 5.41) is 9.07. The van der Waals surface area contributed by atoms with Crippen LogP contribution < -0.4 is 0 Å². The molecule has 0 aliphatic heterocycles. The number of carboxylic acid groups (broad SMARTS) is 1. The summed E-state index contributed by atoms with van der Waals surface area (Å²) in [6.45, 7) is 4.09. The van der Waals surface area contributed by atoms with Crippen molar-refractivity contribution >= 4 is 11.9 Å². The maximum atomic E-state index is 12.1. The predicted octanol–water partition coefficient (Wildman–Crippen LogP) is 3.90. The minimum atomic E-state index is -1.11. The Balaban J connectivity index is 2.72. The third-order valence-electron chi connectivity index (χ3n) is 3.24. The minimum Gasteiger partial charge on any atom is -0.478 e. The van der Waals surface area contributed by atoms with E-state index in [1.54, 1.807) is 12.1 Å². The lowest BCUT2D eigenvalue weighted by atomic mass is 10.1. The third-order valence-corrected chi connectivity index (χ3v) is 3.24. The van der Waals surface area contributed by atoms with Gasteiger partial charge in [0.1, 0.15) is 6.10 Å². The molecule has 0 aliphatic carbocycles. The molecule has 0 aliphatic rings. The summed E-state index contributed by atoms with van der Waals surface area (Å²) in [5.41, 5.74) is 0.106. The lowest BCUT2D eigenvalue weighted by molar-refractivity contribution is 0.0262. The standard InChI is InChI=1S/C16H22O4/c1-3-5-6-9-12(4-2)20-16(19)14-11-8-7-10-13(14)15(17)18/h7-8,10-12H,3-6,9H2,1-2H3,(H,17,18). The molecule has 0 amide bonds. The SMILES string of the molecule is CCCCCC(CC)OC(=O)c1ccccc1C(=O)O. The first kappa shape index (κ1) is 16.2. The number of benzene rings is 1. The number of aromatic carboxylic acids is 1. The Morgan fingerprint density at radius 1 is 1.15 bits per heavy atom. The van der Waals surface area contributed by atoms with E-state index in [2.05, 4.69) is 6.92 Å². The maximum Gasteiger partial charge on any atom is 0.339 e. The molecule has 1 rings (SSSR count). The average molecular weight is 278 g/mol. The highest BCUT2D eigenvalue weighted by Crippen LogP contribution is 2.15. The van der Waals surface area contributed by atoms with Crippen molar-refractivity contribution in [1.82, 2.24) is 0 Å². The first-order chi connectivity index (χ1) is 9.60. The van der Waals surface area contributed by atoms with E-state index in [4.69, 9.17) is 9.84 Å². The fourth-order valence-electron chi connectivity index (χ4n) is 2.03. The molecule has 0 fully saturated rings. The molecule has 0 aromatic heterocycles. The Morgan fingerprint density at radius 3 is 2.35 bits per heavy atom. The summed E-state index contributed by atoms with van der Waals surface area (Å²) in [6, 6.07) is 6.14. The van der Waals surface area contributed by atoms with Crippen LogP contribution in [0, 0.1) is 0 Å². The Bertz CT molecular complexity index is 454. The molecular formula is C16H22O4. The van der Waals surface area contributed by atoms with Crippen LogP contribution in [-0.2, 0) is 4.74 Å². The van der Waals surface area contributed by atoms with Gasteiger partial charge in [-0.15, -0.1) is 0 Å². The van der Waals surface area contributed by atoms with Crippen LogP contribution in [0.15, 0.2) is 24.3 Å². The smallest absolute Gasteiger partial charge is 0.339 e. The molecule has 0 radical (unpaired) electrons. The number of hydrogen-bond acceptors (Lipinski definition) is 3. The van der Waals surface area contributed by atoms with Crippen LogP contribution in [0.4, 0.5) is 0 Å². The highest BCUT2D eigenvalue weighted by atomic mass is 16.5. The summed E-state index contributed by atoms with van der Waals surface area (Å²) in [6.07, 6.45) is 4.67. The Kier molecular flexibility index (Phi) is 6.77. The second-order valence-corrected chi connectivity index (χ2v) is 4.78. The number of rotatable bonds is 8. The number of carbonyl (C=O) groups is 2. The van der Waals surface area contributed by atoms with Gasteiger partial charge in [-0.1, -0.05) is 38.8 Å². The van der Waals surface area contributed by atoms with Gasteiger partial charge in [0.2, 0.25) is 0 Å². The van der Waals surface area contributed by atoms with Gasteiger partial charge in [-0.25, -0.2) is 9.59 Å². The first-order valence-electron chi connectivity index (χ1n) is 7.13. The number of carboxylic acids is 1. The van der Waals surface area contributed by atoms with Crippen LogP contribution in [0.25, 0.3) is 0 Å². The van der Waals surface area contributed by atoms with Crippen molar-refractivity contribution in [2.24, 2.45) is 0 Å². The van der Waals surface area contributed by atoms with Gasteiger partial charge in [0.15, 0.2) is 0 Å². The fourth-order valence-corrected chi connectivity index (χ4v) is 2.03. The van der Waals surface area contributed by atoms with Crippen molar-refractivity contribution < 1.29 is 19.4 Å². The highest BCUT2D eigenvalue weighted by Gasteiger charge is 2.19. The average Bonchev–Trinajstić information content (AvgIpc) is 2.46. The summed E-state index contributed by atoms with van der Waals surface area (Å²) >= 11 is 0. The Hall–Kier alpha value is -1.84. The van der Waals surface area contributed by atoms with E-state index in [9.17, 15) is 9.59 Å². The van der Waals surface area contributed by atoms with E-state index in [1.165, 1.54) is 12.1 Å². The zero-order valence-electron chi connectivity index (χ0n) is 12.1. The second kappa shape index (κ2) is 8.35. The second-order valence-electron chi connectivity index (χ2n) is 4.78. The maximum absolute atomic E-state index is 12.1. The molecule has 0 spiro atoms. The summed E-state index contributed by atoms with van der Waals surface area (Å²) in [4.78, 5) is 23.2. The van der Waals surface area contributed by atoms with E-state index >= 15 is 0 Å². The zero-order valence-corrected chi connectivity index (χ0v) is 12.1. The van der Waals surface area contributed by atoms with Crippen molar-refractivity contribution in [3.05, 3.63) is 35.4 Å². The zero-order chi connectivity index (χ0) is 15.0. The number of carbonyl (C=O) groups excluding carboxylic acids is 1. The number of hydrogen-bond donors (Lipinski definition) is 1. The van der Waals surface area contributed by atoms with Crippen molar-refractivity contribution in [2.45, 2.75) is 52.1 Å². The highest BCUT2D eigenvalue weighted by molar-refractivity contribution is 6.02. The molecule has 1 N–H and O–H groups in total. The number of esters is 1. The largest absolute Gasteiger partial charge is 0.478 e. The molecule has 20 heavy (non-hydrogen) atoms. The van der Waals surface area contributed by atoms with Gasteiger partial charge in [0, 0.05) is 0 Å². The van der Waals surface area contributed by atoms with Crippen molar-refractivity contribution in [3.8, 4) is 0 Å². The van der Waals surface area contributed by atoms with E-state index in [1.807, 2.05) is 6.92 Å². The van der Waals surface area contributed by atoms with Crippen molar-refractivity contribution in [3.63, 3.8) is 0 Å². The van der Waals surface area contributed by atoms with E-state index in [-0.39, 0.29) is 17.2 Å². The molecule has 1 aromatic rings. The van der Waals surface area contributed by atoms with Crippen LogP contribution in [0.2, 0.25) is 0 Å². The predicted molar refractivity (Wildman–Crippen MR) is 77.0 cm³/mol. The van der Waals surface area contributed by atoms with Crippen LogP contribution in [-0.4, -0.2) is 23.1 Å². The van der Waals surface area contributed by atoms with Crippen LogP contribution in [0.5, 0.6) is 0 Å². The van der Waals surface area contributed by atoms with E-state index < -0.39 is 11.9 Å². The summed E-state index contributed by atoms with van der Waals surface area (Å²) < 4.78 is 5.42. The lowest BCUT2D eigenvalue weighted by Crippen LogP contribution is -2.19. The molecule has 1 aromatic carbocycles. The summed E-state index contributed by atoms with van der Waals surface area (Å²) in [7, 11) is 0. The van der Waals surface area contributed by atoms with Gasteiger partial charge in [0.05, 0.1) is 11.1 Å². The van der Waals surface area contributed by atoms with Crippen molar-refractivity contribution in [1.29, 1.82) is 0 Å². The molecule has 1 unspecified atom stereocenters. The molecule has 4 nitrogen and oxygen atoms in total. The van der Waals surface area contributed by atoms with Gasteiger partial charge in [0.25, 0.3) is 0 Å². The van der Waals surface area contributed by atoms with E-state index in [0.717, 1.165) is 32.1 Å². The van der Waals surface area contributed by atoms with Gasteiger partial charge < -0.3 is 9.84 Å². The monoisotopic (exact) mass is 278 g/mol. The Labute approximate surface area is 119 Å². The first-order valence-corrected chi connectivity index (χ1v) is 7.13. The van der Waals surface area contributed by atoms with Gasteiger partial charge in [-0.3, -0.25) is 0 Å². The third kappa shape index (κ3) is 4.68. The lowest BCUT2D eigenvalue weighted by Gasteiger charge is -2.16. The van der Waals surface area contributed by atoms with Crippen LogP contribution in [0.1, 0.15) is 66.7 Å². The van der Waals surface area contributed by atoms with Gasteiger partial charge in [-0.05, 0) is 31.4 Å². The topological polar surface area (TPSA) is 63.6 Å². The van der Waals surface area contributed by atoms with Crippen LogP contribution in [0.3, 0.4) is 0 Å². The van der Waals surface area contributed by atoms with Crippen LogP contribution >= 0.6 is 0 Å². The number of ether oxygens (including phenoxy) is 1. The molecule has 0 heterocycles. The molecule has 0 bridgehead atoms. The molecule has 0 saturated heterocycles. The quantitative estimate of drug-likeness (QED) is 0.578. The number of unbranched alkanes of at least 4 members (excludes halogenated alkanes) is 2. The van der Waals surface area contributed by atoms with E-state index in [0.29, 0.717) is 0 Å². The molecule has 0 saturated carbocycles. The molecule has 110 valence electrons. The normalized spacial score (nSPS) is 11.9. The molecule has 4 heteroatoms. The van der Waals surface area contributed by atoms with Gasteiger partial charge in [-0.2, -0.15) is 0 Å². The molecule has 1 atom stereocenters. The molecular weight excluding hydrogens is 256 g/mol.